The summed E-state index contributed by atoms with van der Waals surface area (Å²) in [5, 5.41) is 22.2. The number of nitrogens with zero attached hydrogens (tertiary/aromatic N) is 1. The third kappa shape index (κ3) is 3.03. The molecule has 0 aromatic heterocycles. The van der Waals surface area contributed by atoms with Crippen molar-refractivity contribution in [3.63, 3.8) is 0 Å². The van der Waals surface area contributed by atoms with E-state index in [1.165, 1.54) is 12.1 Å². The molecule has 0 aliphatic carbocycles. The average molecular weight is 268 g/mol. The first-order valence-electron chi connectivity index (χ1n) is 5.61. The summed E-state index contributed by atoms with van der Waals surface area (Å²) in [4.78, 5) is 20.8. The molecule has 0 spiro atoms. The lowest BCUT2D eigenvalue weighted by Crippen LogP contribution is -2.16. The van der Waals surface area contributed by atoms with Gasteiger partial charge in [-0.25, -0.2) is 0 Å². The smallest absolute Gasteiger partial charge is 0.305 e. The summed E-state index contributed by atoms with van der Waals surface area (Å²) in [6.07, 6.45) is -0.133. The molecule has 2 rings (SSSR count). The largest absolute Gasteiger partial charge is 0.486 e. The van der Waals surface area contributed by atoms with E-state index in [0.717, 1.165) is 0 Å². The van der Waals surface area contributed by atoms with Gasteiger partial charge in [0.2, 0.25) is 0 Å². The van der Waals surface area contributed by atoms with Crippen molar-refractivity contribution in [1.29, 1.82) is 0 Å². The van der Waals surface area contributed by atoms with Crippen LogP contribution >= 0.6 is 0 Å². The summed E-state index contributed by atoms with van der Waals surface area (Å²) in [5.41, 5.74) is 0.0464. The number of hydrogen-bond acceptors (Lipinski definition) is 6. The van der Waals surface area contributed by atoms with Crippen LogP contribution < -0.4 is 14.8 Å². The highest BCUT2D eigenvalue weighted by Crippen LogP contribution is 2.39. The number of anilines is 1. The molecule has 0 saturated carbocycles. The molecule has 1 aromatic rings. The zero-order valence-electron chi connectivity index (χ0n) is 9.92. The van der Waals surface area contributed by atoms with Crippen LogP contribution in [0.4, 0.5) is 11.4 Å². The van der Waals surface area contributed by atoms with Gasteiger partial charge in [0.1, 0.15) is 18.9 Å². The highest BCUT2D eigenvalue weighted by atomic mass is 16.6. The Morgan fingerprint density at radius 1 is 1.37 bits per heavy atom. The van der Waals surface area contributed by atoms with E-state index in [0.29, 0.717) is 24.7 Å². The molecule has 1 heterocycles. The van der Waals surface area contributed by atoms with Crippen LogP contribution in [0.2, 0.25) is 0 Å². The Morgan fingerprint density at radius 2 is 2.00 bits per heavy atom. The number of fused-ring (bicyclic) bond motifs is 1. The molecule has 19 heavy (non-hydrogen) atoms. The van der Waals surface area contributed by atoms with Crippen molar-refractivity contribution in [2.45, 2.75) is 6.42 Å². The molecule has 0 saturated heterocycles. The summed E-state index contributed by atoms with van der Waals surface area (Å²) in [7, 11) is 0. The highest BCUT2D eigenvalue weighted by molar-refractivity contribution is 5.70. The molecule has 1 aliphatic rings. The van der Waals surface area contributed by atoms with Crippen molar-refractivity contribution < 1.29 is 24.3 Å². The van der Waals surface area contributed by atoms with Crippen molar-refractivity contribution in [1.82, 2.24) is 0 Å². The predicted molar refractivity (Wildman–Crippen MR) is 64.8 cm³/mol. The second kappa shape index (κ2) is 5.42. The van der Waals surface area contributed by atoms with Crippen molar-refractivity contribution in [2.24, 2.45) is 0 Å². The molecule has 0 unspecified atom stereocenters. The van der Waals surface area contributed by atoms with Crippen LogP contribution in [0.25, 0.3) is 0 Å². The van der Waals surface area contributed by atoms with Gasteiger partial charge in [-0.05, 0) is 0 Å². The summed E-state index contributed by atoms with van der Waals surface area (Å²) in [5.74, 6) is -0.246. The van der Waals surface area contributed by atoms with Crippen molar-refractivity contribution >= 4 is 17.3 Å². The van der Waals surface area contributed by atoms with Crippen LogP contribution in [-0.4, -0.2) is 35.8 Å². The van der Waals surface area contributed by atoms with E-state index in [2.05, 4.69) is 5.32 Å². The number of aliphatic carboxylic acids is 1. The van der Waals surface area contributed by atoms with Gasteiger partial charge in [-0.3, -0.25) is 14.9 Å². The van der Waals surface area contributed by atoms with E-state index in [4.69, 9.17) is 14.6 Å². The van der Waals surface area contributed by atoms with Crippen molar-refractivity contribution in [3.8, 4) is 11.5 Å². The molecular formula is C11H12N2O6. The van der Waals surface area contributed by atoms with Gasteiger partial charge >= 0.3 is 5.97 Å². The summed E-state index contributed by atoms with van der Waals surface area (Å²) < 4.78 is 10.6. The Hall–Kier alpha value is -2.51. The number of ether oxygens (including phenoxy) is 2. The van der Waals surface area contributed by atoms with Crippen molar-refractivity contribution in [3.05, 3.63) is 22.2 Å². The van der Waals surface area contributed by atoms with Crippen LogP contribution in [0.1, 0.15) is 6.42 Å². The Bertz CT molecular complexity index is 516. The van der Waals surface area contributed by atoms with E-state index in [-0.39, 0.29) is 24.3 Å². The van der Waals surface area contributed by atoms with Gasteiger partial charge in [-0.1, -0.05) is 0 Å². The van der Waals surface area contributed by atoms with Crippen LogP contribution in [0.3, 0.4) is 0 Å². The van der Waals surface area contributed by atoms with Gasteiger partial charge in [0.15, 0.2) is 11.5 Å². The molecule has 0 radical (unpaired) electrons. The lowest BCUT2D eigenvalue weighted by atomic mass is 10.2. The second-order valence-electron chi connectivity index (χ2n) is 3.84. The normalized spacial score (nSPS) is 12.8. The Labute approximate surface area is 108 Å². The highest BCUT2D eigenvalue weighted by Gasteiger charge is 2.22. The number of carbonyl (C=O) groups is 1. The molecule has 0 amide bonds. The molecular weight excluding hydrogens is 256 g/mol. The standard InChI is InChI=1S/C11H12N2O6/c14-11(15)1-2-12-7-5-9-10(19-4-3-18-9)6-8(7)13(16)17/h5-6,12H,1-4H2,(H,14,15). The number of nitro benzene ring substituents is 1. The van der Waals surface area contributed by atoms with E-state index >= 15 is 0 Å². The molecule has 1 aliphatic heterocycles. The van der Waals surface area contributed by atoms with E-state index in [1.54, 1.807) is 0 Å². The maximum absolute atomic E-state index is 11.0. The van der Waals surface area contributed by atoms with Gasteiger partial charge in [0, 0.05) is 12.6 Å². The van der Waals surface area contributed by atoms with E-state index in [9.17, 15) is 14.9 Å². The molecule has 8 heteroatoms. The first kappa shape index (κ1) is 12.9. The average Bonchev–Trinajstić information content (AvgIpc) is 2.37. The van der Waals surface area contributed by atoms with Gasteiger partial charge in [0.25, 0.3) is 5.69 Å². The maximum atomic E-state index is 11.0. The molecule has 2 N–H and O–H groups in total. The predicted octanol–water partition coefficient (Wildman–Crippen LogP) is 1.25. The number of nitro groups is 1. The Kier molecular flexibility index (Phi) is 3.69. The Morgan fingerprint density at radius 3 is 2.58 bits per heavy atom. The topological polar surface area (TPSA) is 111 Å². The zero-order chi connectivity index (χ0) is 13.8. The fraction of sp³-hybridized carbons (Fsp3) is 0.364. The summed E-state index contributed by atoms with van der Waals surface area (Å²) in [6, 6.07) is 2.73. The van der Waals surface area contributed by atoms with Crippen LogP contribution in [0, 0.1) is 10.1 Å². The van der Waals surface area contributed by atoms with E-state index in [1.807, 2.05) is 0 Å². The minimum atomic E-state index is -0.979. The zero-order valence-corrected chi connectivity index (χ0v) is 9.92. The van der Waals surface area contributed by atoms with E-state index < -0.39 is 10.9 Å². The molecule has 102 valence electrons. The number of rotatable bonds is 5. The minimum absolute atomic E-state index is 0.0931. The number of carboxylic acid groups (broad SMARTS) is 1. The quantitative estimate of drug-likeness (QED) is 0.610. The molecule has 0 atom stereocenters. The van der Waals surface area contributed by atoms with Gasteiger partial charge in [-0.2, -0.15) is 0 Å². The molecule has 0 bridgehead atoms. The third-order valence-corrected chi connectivity index (χ3v) is 2.51. The fourth-order valence-corrected chi connectivity index (χ4v) is 1.67. The lowest BCUT2D eigenvalue weighted by Gasteiger charge is -2.19. The fourth-order valence-electron chi connectivity index (χ4n) is 1.67. The number of nitrogens with one attached hydrogen (secondary N) is 1. The second-order valence-corrected chi connectivity index (χ2v) is 3.84. The van der Waals surface area contributed by atoms with Gasteiger partial charge in [0.05, 0.1) is 17.4 Å². The first-order chi connectivity index (χ1) is 9.08. The first-order valence-corrected chi connectivity index (χ1v) is 5.61. The summed E-state index contributed by atoms with van der Waals surface area (Å²) >= 11 is 0. The number of hydrogen-bond donors (Lipinski definition) is 2. The van der Waals surface area contributed by atoms with Gasteiger partial charge in [-0.15, -0.1) is 0 Å². The number of carboxylic acids is 1. The molecule has 8 nitrogen and oxygen atoms in total. The van der Waals surface area contributed by atoms with Gasteiger partial charge < -0.3 is 19.9 Å². The number of benzene rings is 1. The monoisotopic (exact) mass is 268 g/mol. The van der Waals surface area contributed by atoms with Crippen LogP contribution in [0.15, 0.2) is 12.1 Å². The molecule has 0 fully saturated rings. The maximum Gasteiger partial charge on any atom is 0.305 e. The van der Waals surface area contributed by atoms with Crippen molar-refractivity contribution in [2.75, 3.05) is 25.1 Å². The third-order valence-electron chi connectivity index (χ3n) is 2.51. The minimum Gasteiger partial charge on any atom is -0.486 e. The summed E-state index contributed by atoms with van der Waals surface area (Å²) in [6.45, 7) is 0.811. The SMILES string of the molecule is O=C(O)CCNc1cc2c(cc1[N+](=O)[O-])OCCO2. The lowest BCUT2D eigenvalue weighted by molar-refractivity contribution is -0.384. The van der Waals surface area contributed by atoms with Crippen LogP contribution in [-0.2, 0) is 4.79 Å². The molecule has 1 aromatic carbocycles. The van der Waals surface area contributed by atoms with Crippen LogP contribution in [0.5, 0.6) is 11.5 Å². The Balaban J connectivity index is 2.24.